The Morgan fingerprint density at radius 2 is 1.46 bits per heavy atom. The SMILES string of the molecule is CC(C)(C)c1ccnc(-n2c3[c-]c(Oc4[c-]c(N5[CH-]N(c6ccc(-c7ccccc7)cn6)c6ccncc65)ccc4)ccc3c3ccccc32)c1.[Pt]. The summed E-state index contributed by atoms with van der Waals surface area (Å²) in [4.78, 5) is 18.2. The number of fused-ring (bicyclic) bond motifs is 4. The summed E-state index contributed by atoms with van der Waals surface area (Å²) in [6, 6.07) is 46.0. The van der Waals surface area contributed by atoms with Crippen molar-refractivity contribution < 1.29 is 25.8 Å². The van der Waals surface area contributed by atoms with Crippen LogP contribution in [0.3, 0.4) is 0 Å². The Morgan fingerprint density at radius 3 is 2.29 bits per heavy atom. The van der Waals surface area contributed by atoms with Crippen LogP contribution < -0.4 is 14.5 Å². The molecular weight excluding hydrogens is 824 g/mol. The number of aromatic nitrogens is 4. The summed E-state index contributed by atoms with van der Waals surface area (Å²) in [5.74, 6) is 2.81. The van der Waals surface area contributed by atoms with Gasteiger partial charge in [0.1, 0.15) is 11.6 Å². The Bertz CT molecular complexity index is 2540. The minimum Gasteiger partial charge on any atom is -0.509 e. The van der Waals surface area contributed by atoms with E-state index in [1.807, 2.05) is 79.9 Å². The fourth-order valence-corrected chi connectivity index (χ4v) is 6.65. The molecule has 0 unspecified atom stereocenters. The predicted molar refractivity (Wildman–Crippen MR) is 204 cm³/mol. The van der Waals surface area contributed by atoms with E-state index in [2.05, 4.69) is 113 Å². The summed E-state index contributed by atoms with van der Waals surface area (Å²) in [5.41, 5.74) is 8.06. The first kappa shape index (κ1) is 33.4. The van der Waals surface area contributed by atoms with Crippen LogP contribution in [0.1, 0.15) is 26.3 Å². The van der Waals surface area contributed by atoms with Crippen molar-refractivity contribution in [2.75, 3.05) is 9.80 Å². The number of hydrogen-bond donors (Lipinski definition) is 0. The van der Waals surface area contributed by atoms with E-state index in [1.165, 1.54) is 5.56 Å². The summed E-state index contributed by atoms with van der Waals surface area (Å²) >= 11 is 0. The molecule has 0 saturated carbocycles. The van der Waals surface area contributed by atoms with Gasteiger partial charge in [-0.2, -0.15) is 12.1 Å². The molecule has 0 saturated heterocycles. The molecule has 0 atom stereocenters. The van der Waals surface area contributed by atoms with Crippen molar-refractivity contribution in [2.24, 2.45) is 0 Å². The van der Waals surface area contributed by atoms with E-state index in [0.717, 1.165) is 61.6 Å². The van der Waals surface area contributed by atoms with Crippen LogP contribution in [0, 0.1) is 18.8 Å². The Kier molecular flexibility index (Phi) is 8.60. The number of hydrogen-bond acceptors (Lipinski definition) is 6. The van der Waals surface area contributed by atoms with E-state index in [1.54, 1.807) is 6.20 Å². The number of ether oxygens (including phenoxy) is 1. The average Bonchev–Trinajstić information content (AvgIpc) is 3.71. The first-order valence-corrected chi connectivity index (χ1v) is 16.9. The van der Waals surface area contributed by atoms with E-state index in [-0.39, 0.29) is 26.5 Å². The van der Waals surface area contributed by atoms with E-state index in [9.17, 15) is 0 Å². The molecule has 8 heteroatoms. The molecule has 0 amide bonds. The molecule has 0 bridgehead atoms. The van der Waals surface area contributed by atoms with Gasteiger partial charge in [-0.05, 0) is 58.3 Å². The predicted octanol–water partition coefficient (Wildman–Crippen LogP) is 10.7. The maximum Gasteiger partial charge on any atom is 0.135 e. The Labute approximate surface area is 317 Å². The minimum absolute atomic E-state index is 0. The normalized spacial score (nSPS) is 12.6. The van der Waals surface area contributed by atoms with Crippen LogP contribution in [0.2, 0.25) is 0 Å². The molecule has 4 aromatic carbocycles. The van der Waals surface area contributed by atoms with Gasteiger partial charge in [0, 0.05) is 74.1 Å². The van der Waals surface area contributed by atoms with Gasteiger partial charge in [-0.15, -0.1) is 48.1 Å². The number of nitrogens with zero attached hydrogens (tertiary/aromatic N) is 6. The number of anilines is 4. The van der Waals surface area contributed by atoms with Crippen molar-refractivity contribution in [3.63, 3.8) is 0 Å². The minimum atomic E-state index is -0.0147. The standard InChI is InChI=1S/C44H33N6O.Pt/c1-44(2,3)32-20-23-46-43(24-32)50-38-15-8-7-14-36(38)37-18-17-35(26-40(37)50)51-34-13-9-12-33(25-34)48-29-49(39-21-22-45-28-41(39)48)42-19-16-31(27-47-42)30-10-5-4-6-11-30;/h4-24,27-29H,1-3H3;/q-3;. The maximum absolute atomic E-state index is 6.48. The van der Waals surface area contributed by atoms with Crippen molar-refractivity contribution in [3.05, 3.63) is 164 Å². The van der Waals surface area contributed by atoms with Gasteiger partial charge in [0.05, 0.1) is 5.69 Å². The zero-order valence-corrected chi connectivity index (χ0v) is 31.0. The van der Waals surface area contributed by atoms with Crippen molar-refractivity contribution in [2.45, 2.75) is 26.2 Å². The Morgan fingerprint density at radius 1 is 0.635 bits per heavy atom. The van der Waals surface area contributed by atoms with Gasteiger partial charge in [0.15, 0.2) is 0 Å². The second-order valence-corrected chi connectivity index (χ2v) is 13.6. The Hall–Kier alpha value is -5.78. The molecule has 0 spiro atoms. The molecule has 9 rings (SSSR count). The quantitative estimate of drug-likeness (QED) is 0.155. The molecule has 0 radical (unpaired) electrons. The van der Waals surface area contributed by atoms with Gasteiger partial charge in [-0.3, -0.25) is 4.98 Å². The number of para-hydroxylation sites is 1. The summed E-state index contributed by atoms with van der Waals surface area (Å²) in [5, 5.41) is 2.22. The van der Waals surface area contributed by atoms with Gasteiger partial charge >= 0.3 is 0 Å². The van der Waals surface area contributed by atoms with Crippen molar-refractivity contribution in [3.8, 4) is 28.4 Å². The first-order chi connectivity index (χ1) is 24.9. The number of benzene rings is 4. The van der Waals surface area contributed by atoms with Crippen molar-refractivity contribution in [1.29, 1.82) is 0 Å². The molecule has 8 aromatic rings. The van der Waals surface area contributed by atoms with E-state index < -0.39 is 0 Å². The fraction of sp³-hybridized carbons (Fsp3) is 0.0909. The van der Waals surface area contributed by atoms with E-state index in [4.69, 9.17) is 14.7 Å². The summed E-state index contributed by atoms with van der Waals surface area (Å²) < 4.78 is 8.65. The van der Waals surface area contributed by atoms with Gasteiger partial charge in [-0.1, -0.05) is 74.8 Å². The fourth-order valence-electron chi connectivity index (χ4n) is 6.65. The second-order valence-electron chi connectivity index (χ2n) is 13.6. The van der Waals surface area contributed by atoms with Crippen molar-refractivity contribution >= 4 is 44.7 Å². The van der Waals surface area contributed by atoms with Gasteiger partial charge < -0.3 is 19.1 Å². The van der Waals surface area contributed by atoms with E-state index >= 15 is 0 Å². The Balaban J connectivity index is 0.00000387. The molecule has 5 heterocycles. The zero-order chi connectivity index (χ0) is 34.5. The average molecular weight is 857 g/mol. The first-order valence-electron chi connectivity index (χ1n) is 16.9. The molecule has 0 fully saturated rings. The van der Waals surface area contributed by atoms with Crippen LogP contribution in [0.25, 0.3) is 38.8 Å². The van der Waals surface area contributed by atoms with Crippen LogP contribution in [0.15, 0.2) is 140 Å². The molecule has 7 nitrogen and oxygen atoms in total. The molecule has 52 heavy (non-hydrogen) atoms. The van der Waals surface area contributed by atoms with Crippen LogP contribution in [-0.2, 0) is 26.5 Å². The largest absolute Gasteiger partial charge is 0.509 e. The van der Waals surface area contributed by atoms with Gasteiger partial charge in [0.2, 0.25) is 0 Å². The van der Waals surface area contributed by atoms with Gasteiger partial charge in [-0.25, -0.2) is 9.97 Å². The molecule has 4 aromatic heterocycles. The van der Waals surface area contributed by atoms with Crippen LogP contribution in [-0.4, -0.2) is 19.5 Å². The number of rotatable bonds is 6. The van der Waals surface area contributed by atoms with Crippen LogP contribution in [0.5, 0.6) is 11.5 Å². The van der Waals surface area contributed by atoms with Crippen LogP contribution in [0.4, 0.5) is 22.9 Å². The number of pyridine rings is 3. The third-order valence-electron chi connectivity index (χ3n) is 9.26. The molecule has 1 aliphatic heterocycles. The monoisotopic (exact) mass is 856 g/mol. The van der Waals surface area contributed by atoms with Gasteiger partial charge in [0.25, 0.3) is 0 Å². The van der Waals surface area contributed by atoms with Crippen LogP contribution >= 0.6 is 0 Å². The molecule has 0 aliphatic carbocycles. The second kappa shape index (κ2) is 13.4. The summed E-state index contributed by atoms with van der Waals surface area (Å²) in [7, 11) is 0. The summed E-state index contributed by atoms with van der Waals surface area (Å²) in [6.45, 7) is 8.66. The van der Waals surface area contributed by atoms with E-state index in [0.29, 0.717) is 11.5 Å². The third kappa shape index (κ3) is 6.01. The smallest absolute Gasteiger partial charge is 0.135 e. The van der Waals surface area contributed by atoms with Crippen molar-refractivity contribution in [1.82, 2.24) is 19.5 Å². The summed E-state index contributed by atoms with van der Waals surface area (Å²) in [6.07, 6.45) is 7.45. The molecule has 258 valence electrons. The topological polar surface area (TPSA) is 59.3 Å². The third-order valence-corrected chi connectivity index (χ3v) is 9.26. The molecule has 1 aliphatic rings. The zero-order valence-electron chi connectivity index (χ0n) is 28.8. The maximum atomic E-state index is 6.48. The molecular formula is C44H33N6OPt-3. The molecule has 0 N–H and O–H groups in total.